The molecule has 2 aromatic rings. The van der Waals surface area contributed by atoms with E-state index in [4.69, 9.17) is 5.73 Å². The smallest absolute Gasteiger partial charge is 0.314 e. The predicted molar refractivity (Wildman–Crippen MR) is 138 cm³/mol. The van der Waals surface area contributed by atoms with Crippen LogP contribution in [0.5, 0.6) is 5.75 Å². The molecule has 1 atom stereocenters. The van der Waals surface area contributed by atoms with Crippen LogP contribution >= 0.6 is 12.4 Å². The molecule has 2 heterocycles. The highest BCUT2D eigenvalue weighted by molar-refractivity contribution is 6.11. The van der Waals surface area contributed by atoms with Crippen molar-refractivity contribution in [2.24, 2.45) is 5.73 Å². The van der Waals surface area contributed by atoms with Crippen LogP contribution in [0, 0.1) is 5.82 Å². The van der Waals surface area contributed by atoms with Crippen molar-refractivity contribution in [2.45, 2.75) is 44.6 Å². The zero-order valence-corrected chi connectivity index (χ0v) is 20.9. The number of rotatable bonds is 5. The number of piperidine rings is 1. The molecule has 0 spiro atoms. The Hall–Kier alpha value is -3.33. The number of nitrogens with zero attached hydrogens (tertiary/aromatic N) is 2. The first kappa shape index (κ1) is 27.3. The normalized spacial score (nSPS) is 18.1. The SMILES string of the molecule is Cl.NC(=O)N1CCC[C@H](NC(=O)c2ccc(C(=O)c3c(O)ccc(N4CCCCC4)c3F)cc2)CC1. The molecule has 3 amide bonds. The van der Waals surface area contributed by atoms with Gasteiger partial charge in [-0.25, -0.2) is 9.18 Å². The number of carbonyl (C=O) groups excluding carboxylic acids is 3. The Kier molecular flexibility index (Phi) is 9.14. The first-order chi connectivity index (χ1) is 16.8. The summed E-state index contributed by atoms with van der Waals surface area (Å²) in [6.45, 7) is 2.47. The van der Waals surface area contributed by atoms with Gasteiger partial charge in [0.1, 0.15) is 11.3 Å². The van der Waals surface area contributed by atoms with Gasteiger partial charge in [-0.05, 0) is 62.8 Å². The quantitative estimate of drug-likeness (QED) is 0.520. The summed E-state index contributed by atoms with van der Waals surface area (Å²) < 4.78 is 15.3. The van der Waals surface area contributed by atoms with Crippen molar-refractivity contribution in [3.63, 3.8) is 0 Å². The lowest BCUT2D eigenvalue weighted by molar-refractivity contribution is 0.0932. The zero-order valence-electron chi connectivity index (χ0n) is 20.0. The van der Waals surface area contributed by atoms with Gasteiger partial charge < -0.3 is 26.0 Å². The Morgan fingerprint density at radius 1 is 0.889 bits per heavy atom. The van der Waals surface area contributed by atoms with Crippen molar-refractivity contribution < 1.29 is 23.9 Å². The van der Waals surface area contributed by atoms with Crippen LogP contribution in [-0.4, -0.2) is 59.9 Å². The van der Waals surface area contributed by atoms with Gasteiger partial charge in [-0.15, -0.1) is 12.4 Å². The summed E-state index contributed by atoms with van der Waals surface area (Å²) in [6.07, 6.45) is 5.09. The molecule has 0 aromatic heterocycles. The number of carbonyl (C=O) groups is 3. The number of amides is 3. The highest BCUT2D eigenvalue weighted by Gasteiger charge is 2.25. The number of primary amides is 1. The molecule has 36 heavy (non-hydrogen) atoms. The summed E-state index contributed by atoms with van der Waals surface area (Å²) in [6, 6.07) is 8.27. The molecule has 2 aromatic carbocycles. The van der Waals surface area contributed by atoms with E-state index >= 15 is 4.39 Å². The van der Waals surface area contributed by atoms with Crippen molar-refractivity contribution in [3.05, 3.63) is 58.9 Å². The molecule has 0 bridgehead atoms. The van der Waals surface area contributed by atoms with Gasteiger partial charge in [0.05, 0.1) is 5.69 Å². The van der Waals surface area contributed by atoms with Crippen molar-refractivity contribution in [3.8, 4) is 5.75 Å². The third kappa shape index (κ3) is 6.07. The highest BCUT2D eigenvalue weighted by atomic mass is 35.5. The summed E-state index contributed by atoms with van der Waals surface area (Å²) in [5.74, 6) is -2.06. The van der Waals surface area contributed by atoms with Gasteiger partial charge in [-0.2, -0.15) is 0 Å². The third-order valence-corrected chi connectivity index (χ3v) is 6.81. The second kappa shape index (κ2) is 12.1. The average molecular weight is 519 g/mol. The van der Waals surface area contributed by atoms with Crippen molar-refractivity contribution in [1.82, 2.24) is 10.2 Å². The maximum Gasteiger partial charge on any atom is 0.314 e. The number of phenols is 1. The molecule has 2 saturated heterocycles. The standard InChI is InChI=1S/C26H31FN4O4.ClH/c27-23-20(30-13-2-1-3-14-30)10-11-21(32)22(23)24(33)17-6-8-18(9-7-17)25(34)29-19-5-4-15-31(16-12-19)26(28)35;/h6-11,19,32H,1-5,12-16H2,(H2,28,35)(H,29,34);1H/t19-;/m0./s1. The van der Waals surface area contributed by atoms with E-state index in [1.54, 1.807) is 4.90 Å². The third-order valence-electron chi connectivity index (χ3n) is 6.81. The fraction of sp³-hybridized carbons (Fsp3) is 0.423. The number of phenolic OH excluding ortho intramolecular Hbond substituents is 1. The summed E-state index contributed by atoms with van der Waals surface area (Å²) in [7, 11) is 0. The van der Waals surface area contributed by atoms with Gasteiger partial charge >= 0.3 is 6.03 Å². The first-order valence-electron chi connectivity index (χ1n) is 12.1. The van der Waals surface area contributed by atoms with Gasteiger partial charge in [0.2, 0.25) is 0 Å². The lowest BCUT2D eigenvalue weighted by atomic mass is 9.99. The van der Waals surface area contributed by atoms with Crippen molar-refractivity contribution >= 4 is 35.8 Å². The van der Waals surface area contributed by atoms with E-state index in [1.807, 2.05) is 4.90 Å². The Morgan fingerprint density at radius 3 is 2.22 bits per heavy atom. The Morgan fingerprint density at radius 2 is 1.56 bits per heavy atom. The van der Waals surface area contributed by atoms with Crippen LogP contribution < -0.4 is 16.0 Å². The molecule has 194 valence electrons. The fourth-order valence-corrected chi connectivity index (χ4v) is 4.80. The van der Waals surface area contributed by atoms with Gasteiger partial charge in [-0.3, -0.25) is 9.59 Å². The van der Waals surface area contributed by atoms with E-state index in [0.29, 0.717) is 43.9 Å². The van der Waals surface area contributed by atoms with E-state index in [1.165, 1.54) is 36.4 Å². The predicted octanol–water partition coefficient (Wildman–Crippen LogP) is 3.84. The summed E-state index contributed by atoms with van der Waals surface area (Å²) in [4.78, 5) is 40.6. The number of anilines is 1. The van der Waals surface area contributed by atoms with Crippen molar-refractivity contribution in [1.29, 1.82) is 0 Å². The number of benzene rings is 2. The minimum absolute atomic E-state index is 0. The topological polar surface area (TPSA) is 116 Å². The van der Waals surface area contributed by atoms with E-state index in [0.717, 1.165) is 32.1 Å². The van der Waals surface area contributed by atoms with E-state index in [2.05, 4.69) is 5.32 Å². The van der Waals surface area contributed by atoms with Crippen LogP contribution in [0.15, 0.2) is 36.4 Å². The number of hydrogen-bond donors (Lipinski definition) is 3. The molecule has 4 N–H and O–H groups in total. The zero-order chi connectivity index (χ0) is 24.9. The maximum absolute atomic E-state index is 15.3. The number of ketones is 1. The molecule has 10 heteroatoms. The number of halogens is 2. The van der Waals surface area contributed by atoms with E-state index < -0.39 is 23.4 Å². The van der Waals surface area contributed by atoms with Crippen molar-refractivity contribution in [2.75, 3.05) is 31.1 Å². The molecule has 2 aliphatic heterocycles. The summed E-state index contributed by atoms with van der Waals surface area (Å²) >= 11 is 0. The lowest BCUT2D eigenvalue weighted by Gasteiger charge is -2.29. The monoisotopic (exact) mass is 518 g/mol. The Labute approximate surface area is 216 Å². The minimum Gasteiger partial charge on any atom is -0.507 e. The van der Waals surface area contributed by atoms with Crippen LogP contribution in [0.4, 0.5) is 14.9 Å². The Bertz CT molecular complexity index is 1110. The molecule has 0 unspecified atom stereocenters. The second-order valence-electron chi connectivity index (χ2n) is 9.17. The number of nitrogens with one attached hydrogen (secondary N) is 1. The van der Waals surface area contributed by atoms with Crippen LogP contribution in [0.1, 0.15) is 64.8 Å². The van der Waals surface area contributed by atoms with Crippen LogP contribution in [0.2, 0.25) is 0 Å². The van der Waals surface area contributed by atoms with Gasteiger partial charge in [0.15, 0.2) is 11.6 Å². The van der Waals surface area contributed by atoms with Gasteiger partial charge in [0, 0.05) is 43.3 Å². The molecule has 4 rings (SSSR count). The number of aromatic hydroxyl groups is 1. The number of hydrogen-bond acceptors (Lipinski definition) is 5. The van der Waals surface area contributed by atoms with Crippen LogP contribution in [0.3, 0.4) is 0 Å². The maximum atomic E-state index is 15.3. The minimum atomic E-state index is -0.725. The molecule has 8 nitrogen and oxygen atoms in total. The lowest BCUT2D eigenvalue weighted by Crippen LogP contribution is -2.38. The number of likely N-dealkylation sites (tertiary alicyclic amines) is 1. The van der Waals surface area contributed by atoms with Gasteiger partial charge in [-0.1, -0.05) is 12.1 Å². The highest BCUT2D eigenvalue weighted by Crippen LogP contribution is 2.32. The molecule has 0 saturated carbocycles. The Balaban J connectivity index is 0.00000361. The summed E-state index contributed by atoms with van der Waals surface area (Å²) in [5.41, 5.74) is 5.86. The fourth-order valence-electron chi connectivity index (χ4n) is 4.80. The molecular formula is C26H32ClFN4O4. The molecule has 2 aliphatic rings. The number of urea groups is 1. The van der Waals surface area contributed by atoms with E-state index in [9.17, 15) is 19.5 Å². The van der Waals surface area contributed by atoms with Crippen LogP contribution in [-0.2, 0) is 0 Å². The summed E-state index contributed by atoms with van der Waals surface area (Å²) in [5, 5.41) is 13.2. The molecular weight excluding hydrogens is 487 g/mol. The molecule has 0 radical (unpaired) electrons. The molecule has 2 fully saturated rings. The van der Waals surface area contributed by atoms with E-state index in [-0.39, 0.29) is 35.5 Å². The molecule has 0 aliphatic carbocycles. The average Bonchev–Trinajstić information content (AvgIpc) is 3.10. The van der Waals surface area contributed by atoms with Crippen LogP contribution in [0.25, 0.3) is 0 Å². The second-order valence-corrected chi connectivity index (χ2v) is 9.17. The largest absolute Gasteiger partial charge is 0.507 e. The number of nitrogens with two attached hydrogens (primary N) is 1. The first-order valence-corrected chi connectivity index (χ1v) is 12.1. The van der Waals surface area contributed by atoms with Gasteiger partial charge in [0.25, 0.3) is 5.91 Å².